The standard InChI is InChI=1S/C12H11N3OS2/c1-7-5-18-11-10(7)12(16)15(13)9(14-11)4-8-2-3-17-6-8/h2-3,5-6H,4,13H2,1H3. The van der Waals surface area contributed by atoms with Gasteiger partial charge in [-0.05, 0) is 40.3 Å². The summed E-state index contributed by atoms with van der Waals surface area (Å²) in [6.07, 6.45) is 0.585. The Bertz CT molecular complexity index is 756. The van der Waals surface area contributed by atoms with Crippen molar-refractivity contribution < 1.29 is 0 Å². The van der Waals surface area contributed by atoms with Crippen molar-refractivity contribution in [2.24, 2.45) is 0 Å². The lowest BCUT2D eigenvalue weighted by atomic mass is 10.2. The van der Waals surface area contributed by atoms with Crippen LogP contribution in [-0.4, -0.2) is 9.66 Å². The number of rotatable bonds is 2. The fourth-order valence-electron chi connectivity index (χ4n) is 1.88. The zero-order valence-electron chi connectivity index (χ0n) is 9.71. The third-order valence-corrected chi connectivity index (χ3v) is 4.56. The molecular weight excluding hydrogens is 266 g/mol. The fourth-order valence-corrected chi connectivity index (χ4v) is 3.48. The van der Waals surface area contributed by atoms with Gasteiger partial charge < -0.3 is 5.84 Å². The number of aromatic nitrogens is 2. The highest BCUT2D eigenvalue weighted by Crippen LogP contribution is 2.21. The first kappa shape index (κ1) is 11.4. The molecule has 0 radical (unpaired) electrons. The van der Waals surface area contributed by atoms with Crippen LogP contribution in [0.15, 0.2) is 27.0 Å². The van der Waals surface area contributed by atoms with Crippen molar-refractivity contribution >= 4 is 32.9 Å². The third kappa shape index (κ3) is 1.74. The highest BCUT2D eigenvalue weighted by molar-refractivity contribution is 7.16. The Morgan fingerprint density at radius 1 is 1.44 bits per heavy atom. The molecule has 4 nitrogen and oxygen atoms in total. The highest BCUT2D eigenvalue weighted by Gasteiger charge is 2.12. The Labute approximate surface area is 111 Å². The zero-order valence-corrected chi connectivity index (χ0v) is 11.3. The average Bonchev–Trinajstić information content (AvgIpc) is 2.96. The van der Waals surface area contributed by atoms with E-state index in [1.54, 1.807) is 11.3 Å². The first-order chi connectivity index (χ1) is 8.66. The summed E-state index contributed by atoms with van der Waals surface area (Å²) >= 11 is 3.11. The van der Waals surface area contributed by atoms with Gasteiger partial charge in [0.2, 0.25) is 0 Å². The van der Waals surface area contributed by atoms with E-state index in [-0.39, 0.29) is 5.56 Å². The molecule has 0 aliphatic carbocycles. The zero-order chi connectivity index (χ0) is 12.7. The minimum atomic E-state index is -0.163. The molecule has 0 aliphatic heterocycles. The highest BCUT2D eigenvalue weighted by atomic mass is 32.1. The van der Waals surface area contributed by atoms with Gasteiger partial charge in [-0.1, -0.05) is 0 Å². The van der Waals surface area contributed by atoms with Crippen molar-refractivity contribution in [1.82, 2.24) is 9.66 Å². The van der Waals surface area contributed by atoms with Crippen molar-refractivity contribution in [3.63, 3.8) is 0 Å². The quantitative estimate of drug-likeness (QED) is 0.730. The SMILES string of the molecule is Cc1csc2nc(Cc3ccsc3)n(N)c(=O)c12. The molecular formula is C12H11N3OS2. The van der Waals surface area contributed by atoms with Gasteiger partial charge in [0.05, 0.1) is 5.39 Å². The van der Waals surface area contributed by atoms with Crippen LogP contribution in [0.4, 0.5) is 0 Å². The van der Waals surface area contributed by atoms with Crippen molar-refractivity contribution in [3.8, 4) is 0 Å². The molecule has 92 valence electrons. The summed E-state index contributed by atoms with van der Waals surface area (Å²) in [7, 11) is 0. The molecule has 0 aromatic carbocycles. The number of thiophene rings is 2. The maximum Gasteiger partial charge on any atom is 0.280 e. The Morgan fingerprint density at radius 2 is 2.28 bits per heavy atom. The van der Waals surface area contributed by atoms with Gasteiger partial charge in [-0.25, -0.2) is 9.66 Å². The molecule has 18 heavy (non-hydrogen) atoms. The van der Waals surface area contributed by atoms with E-state index in [2.05, 4.69) is 4.98 Å². The van der Waals surface area contributed by atoms with E-state index in [0.717, 1.165) is 16.0 Å². The van der Waals surface area contributed by atoms with Gasteiger partial charge in [-0.2, -0.15) is 11.3 Å². The van der Waals surface area contributed by atoms with E-state index in [1.807, 2.05) is 29.1 Å². The van der Waals surface area contributed by atoms with Crippen molar-refractivity contribution in [2.45, 2.75) is 13.3 Å². The summed E-state index contributed by atoms with van der Waals surface area (Å²) in [4.78, 5) is 17.4. The molecule has 3 aromatic rings. The van der Waals surface area contributed by atoms with E-state index in [4.69, 9.17) is 5.84 Å². The Kier molecular flexibility index (Phi) is 2.68. The van der Waals surface area contributed by atoms with Crippen LogP contribution in [0.5, 0.6) is 0 Å². The lowest BCUT2D eigenvalue weighted by molar-refractivity contribution is 0.817. The number of nitrogen functional groups attached to an aromatic ring is 1. The second kappa shape index (κ2) is 4.22. The average molecular weight is 277 g/mol. The molecule has 3 rings (SSSR count). The molecule has 0 atom stereocenters. The van der Waals surface area contributed by atoms with E-state index in [1.165, 1.54) is 16.0 Å². The van der Waals surface area contributed by atoms with Gasteiger partial charge in [0.1, 0.15) is 10.7 Å². The maximum absolute atomic E-state index is 12.2. The second-order valence-electron chi connectivity index (χ2n) is 4.11. The summed E-state index contributed by atoms with van der Waals surface area (Å²) in [6, 6.07) is 2.01. The van der Waals surface area contributed by atoms with Gasteiger partial charge >= 0.3 is 0 Å². The first-order valence-corrected chi connectivity index (χ1v) is 7.25. The molecule has 0 unspecified atom stereocenters. The number of hydrogen-bond acceptors (Lipinski definition) is 5. The first-order valence-electron chi connectivity index (χ1n) is 5.42. The normalized spacial score (nSPS) is 11.2. The predicted octanol–water partition coefficient (Wildman–Crippen LogP) is 2.13. The number of aryl methyl sites for hydroxylation is 1. The van der Waals surface area contributed by atoms with E-state index < -0.39 is 0 Å². The van der Waals surface area contributed by atoms with Crippen molar-refractivity contribution in [2.75, 3.05) is 5.84 Å². The van der Waals surface area contributed by atoms with E-state index >= 15 is 0 Å². The smallest absolute Gasteiger partial charge is 0.280 e. The lowest BCUT2D eigenvalue weighted by Gasteiger charge is -2.06. The van der Waals surface area contributed by atoms with Crippen molar-refractivity contribution in [3.05, 3.63) is 49.5 Å². The van der Waals surface area contributed by atoms with E-state index in [0.29, 0.717) is 17.6 Å². The van der Waals surface area contributed by atoms with Gasteiger partial charge in [0.25, 0.3) is 5.56 Å². The molecule has 0 aliphatic rings. The second-order valence-corrected chi connectivity index (χ2v) is 5.75. The van der Waals surface area contributed by atoms with Crippen LogP contribution in [0.25, 0.3) is 10.2 Å². The van der Waals surface area contributed by atoms with Gasteiger partial charge in [0, 0.05) is 6.42 Å². The monoisotopic (exact) mass is 277 g/mol. The minimum Gasteiger partial charge on any atom is -0.335 e. The number of nitrogens with two attached hydrogens (primary N) is 1. The molecule has 0 saturated carbocycles. The van der Waals surface area contributed by atoms with Gasteiger partial charge in [-0.3, -0.25) is 4.79 Å². The van der Waals surface area contributed by atoms with Crippen LogP contribution in [0.2, 0.25) is 0 Å². The maximum atomic E-state index is 12.2. The summed E-state index contributed by atoms with van der Waals surface area (Å²) in [5.41, 5.74) is 1.90. The Hall–Kier alpha value is -1.66. The molecule has 0 saturated heterocycles. The number of fused-ring (bicyclic) bond motifs is 1. The van der Waals surface area contributed by atoms with Crippen molar-refractivity contribution in [1.29, 1.82) is 0 Å². The largest absolute Gasteiger partial charge is 0.335 e. The van der Waals surface area contributed by atoms with E-state index in [9.17, 15) is 4.79 Å². The molecule has 0 fully saturated rings. The number of hydrogen-bond donors (Lipinski definition) is 1. The predicted molar refractivity (Wildman–Crippen MR) is 75.9 cm³/mol. The van der Waals surface area contributed by atoms with Crippen LogP contribution in [0.1, 0.15) is 17.0 Å². The Morgan fingerprint density at radius 3 is 3.00 bits per heavy atom. The van der Waals surface area contributed by atoms with Crippen LogP contribution in [0, 0.1) is 6.92 Å². The summed E-state index contributed by atoms with van der Waals surface area (Å²) in [5, 5.41) is 6.61. The molecule has 2 N–H and O–H groups in total. The molecule has 0 spiro atoms. The molecule has 6 heteroatoms. The lowest BCUT2D eigenvalue weighted by Crippen LogP contribution is -2.31. The molecule has 0 bridgehead atoms. The van der Waals surface area contributed by atoms with Crippen LogP contribution in [0.3, 0.4) is 0 Å². The molecule has 0 amide bonds. The summed E-state index contributed by atoms with van der Waals surface area (Å²) in [6.45, 7) is 1.90. The van der Waals surface area contributed by atoms with Crippen LogP contribution >= 0.6 is 22.7 Å². The minimum absolute atomic E-state index is 0.163. The summed E-state index contributed by atoms with van der Waals surface area (Å²) < 4.78 is 1.17. The fraction of sp³-hybridized carbons (Fsp3) is 0.167. The molecule has 3 heterocycles. The molecule has 3 aromatic heterocycles. The van der Waals surface area contributed by atoms with Gasteiger partial charge in [-0.15, -0.1) is 11.3 Å². The Balaban J connectivity index is 2.19. The van der Waals surface area contributed by atoms with Gasteiger partial charge in [0.15, 0.2) is 0 Å². The third-order valence-electron chi connectivity index (χ3n) is 2.84. The topological polar surface area (TPSA) is 60.9 Å². The van der Waals surface area contributed by atoms with Crippen LogP contribution < -0.4 is 11.4 Å². The summed E-state index contributed by atoms with van der Waals surface area (Å²) in [5.74, 6) is 6.45. The number of nitrogens with zero attached hydrogens (tertiary/aromatic N) is 2. The van der Waals surface area contributed by atoms with Crippen LogP contribution in [-0.2, 0) is 6.42 Å².